The smallest absolute Gasteiger partial charge is 0.270 e. The lowest BCUT2D eigenvalue weighted by Gasteiger charge is -2.35. The summed E-state index contributed by atoms with van der Waals surface area (Å²) in [5, 5.41) is 16.3. The zero-order valence-electron chi connectivity index (χ0n) is 11.5. The number of nitriles is 1. The molecule has 19 heavy (non-hydrogen) atoms. The summed E-state index contributed by atoms with van der Waals surface area (Å²) in [7, 11) is 1.72. The first-order chi connectivity index (χ1) is 9.10. The van der Waals surface area contributed by atoms with Crippen LogP contribution in [0.3, 0.4) is 0 Å². The lowest BCUT2D eigenvalue weighted by atomic mass is 9.76. The van der Waals surface area contributed by atoms with E-state index in [1.54, 1.807) is 19.3 Å². The maximum Gasteiger partial charge on any atom is 0.270 e. The van der Waals surface area contributed by atoms with Gasteiger partial charge in [0, 0.05) is 13.2 Å². The zero-order chi connectivity index (χ0) is 13.9. The Bertz CT molecular complexity index is 492. The molecule has 0 bridgehead atoms. The number of amides is 1. The monoisotopic (exact) mass is 260 g/mol. The standard InChI is InChI=1S/C14H20N4O/c1-3-11-4-7-14(10-15,8-5-11)17-13(19)12-6-9-16-18(12)2/h6,9,11H,3-5,7-8H2,1-2H3,(H,17,19). The Kier molecular flexibility index (Phi) is 3.89. The molecule has 1 aliphatic rings. The van der Waals surface area contributed by atoms with Crippen molar-refractivity contribution in [1.82, 2.24) is 15.1 Å². The van der Waals surface area contributed by atoms with Crippen LogP contribution in [0.5, 0.6) is 0 Å². The number of rotatable bonds is 3. The normalized spacial score (nSPS) is 26.7. The van der Waals surface area contributed by atoms with Gasteiger partial charge in [-0.25, -0.2) is 0 Å². The van der Waals surface area contributed by atoms with Gasteiger partial charge in [-0.3, -0.25) is 9.48 Å². The second-order valence-corrected chi connectivity index (χ2v) is 5.34. The zero-order valence-corrected chi connectivity index (χ0v) is 11.5. The van der Waals surface area contributed by atoms with Crippen molar-refractivity contribution in [3.8, 4) is 6.07 Å². The topological polar surface area (TPSA) is 70.7 Å². The summed E-state index contributed by atoms with van der Waals surface area (Å²) in [6.07, 6.45) is 6.24. The molecule has 102 valence electrons. The van der Waals surface area contributed by atoms with E-state index in [4.69, 9.17) is 0 Å². The van der Waals surface area contributed by atoms with Gasteiger partial charge < -0.3 is 5.32 Å². The third kappa shape index (κ3) is 2.78. The molecule has 5 nitrogen and oxygen atoms in total. The molecule has 1 heterocycles. The highest BCUT2D eigenvalue weighted by molar-refractivity contribution is 5.93. The van der Waals surface area contributed by atoms with Crippen LogP contribution in [0.4, 0.5) is 0 Å². The van der Waals surface area contributed by atoms with Crippen molar-refractivity contribution in [2.24, 2.45) is 13.0 Å². The second kappa shape index (κ2) is 5.43. The number of carbonyl (C=O) groups is 1. The quantitative estimate of drug-likeness (QED) is 0.903. The predicted octanol–water partition coefficient (Wildman–Crippen LogP) is 2.01. The lowest BCUT2D eigenvalue weighted by molar-refractivity contribution is 0.0881. The molecule has 1 saturated carbocycles. The number of carbonyl (C=O) groups excluding carboxylic acids is 1. The van der Waals surface area contributed by atoms with Crippen LogP contribution in [-0.2, 0) is 7.05 Å². The van der Waals surface area contributed by atoms with Gasteiger partial charge in [0.15, 0.2) is 0 Å². The van der Waals surface area contributed by atoms with E-state index < -0.39 is 5.54 Å². The molecule has 1 amide bonds. The van der Waals surface area contributed by atoms with Gasteiger partial charge >= 0.3 is 0 Å². The Hall–Kier alpha value is -1.83. The fraction of sp³-hybridized carbons (Fsp3) is 0.643. The fourth-order valence-corrected chi connectivity index (χ4v) is 2.72. The van der Waals surface area contributed by atoms with Crippen LogP contribution in [0.15, 0.2) is 12.3 Å². The number of hydrogen-bond donors (Lipinski definition) is 1. The molecule has 2 rings (SSSR count). The summed E-state index contributed by atoms with van der Waals surface area (Å²) < 4.78 is 1.53. The summed E-state index contributed by atoms with van der Waals surface area (Å²) >= 11 is 0. The van der Waals surface area contributed by atoms with Crippen molar-refractivity contribution in [2.75, 3.05) is 0 Å². The molecule has 5 heteroatoms. The minimum atomic E-state index is -0.701. The molecule has 1 N–H and O–H groups in total. The van der Waals surface area contributed by atoms with E-state index >= 15 is 0 Å². The van der Waals surface area contributed by atoms with E-state index in [2.05, 4.69) is 23.4 Å². The van der Waals surface area contributed by atoms with Crippen molar-refractivity contribution in [1.29, 1.82) is 5.26 Å². The average Bonchev–Trinajstić information content (AvgIpc) is 2.86. The molecule has 0 aromatic carbocycles. The molecule has 0 saturated heterocycles. The summed E-state index contributed by atoms with van der Waals surface area (Å²) in [4.78, 5) is 12.2. The van der Waals surface area contributed by atoms with Crippen LogP contribution in [0.1, 0.15) is 49.5 Å². The minimum Gasteiger partial charge on any atom is -0.332 e. The van der Waals surface area contributed by atoms with Gasteiger partial charge in [-0.05, 0) is 37.7 Å². The number of aryl methyl sites for hydroxylation is 1. The number of aromatic nitrogens is 2. The summed E-state index contributed by atoms with van der Waals surface area (Å²) in [5.41, 5.74) is -0.209. The van der Waals surface area contributed by atoms with Crippen LogP contribution in [0.25, 0.3) is 0 Å². The molecule has 1 fully saturated rings. The molecule has 1 aliphatic carbocycles. The molecule has 0 unspecified atom stereocenters. The van der Waals surface area contributed by atoms with E-state index in [-0.39, 0.29) is 5.91 Å². The number of hydrogen-bond acceptors (Lipinski definition) is 3. The van der Waals surface area contributed by atoms with Crippen LogP contribution < -0.4 is 5.32 Å². The maximum absolute atomic E-state index is 12.2. The van der Waals surface area contributed by atoms with Gasteiger partial charge in [0.1, 0.15) is 11.2 Å². The second-order valence-electron chi connectivity index (χ2n) is 5.34. The first-order valence-electron chi connectivity index (χ1n) is 6.82. The molecule has 0 aliphatic heterocycles. The van der Waals surface area contributed by atoms with Gasteiger partial charge in [-0.2, -0.15) is 10.4 Å². The van der Waals surface area contributed by atoms with Gasteiger partial charge in [-0.1, -0.05) is 13.3 Å². The highest BCUT2D eigenvalue weighted by Crippen LogP contribution is 2.33. The van der Waals surface area contributed by atoms with Crippen LogP contribution in [0, 0.1) is 17.2 Å². The first-order valence-corrected chi connectivity index (χ1v) is 6.82. The van der Waals surface area contributed by atoms with Crippen LogP contribution >= 0.6 is 0 Å². The maximum atomic E-state index is 12.2. The molecular weight excluding hydrogens is 240 g/mol. The van der Waals surface area contributed by atoms with Crippen LogP contribution in [-0.4, -0.2) is 21.2 Å². The van der Waals surface area contributed by atoms with E-state index in [9.17, 15) is 10.1 Å². The first kappa shape index (κ1) is 13.6. The number of nitrogens with one attached hydrogen (secondary N) is 1. The van der Waals surface area contributed by atoms with E-state index in [0.717, 1.165) is 32.1 Å². The van der Waals surface area contributed by atoms with Crippen molar-refractivity contribution in [2.45, 2.75) is 44.6 Å². The van der Waals surface area contributed by atoms with Gasteiger partial charge in [-0.15, -0.1) is 0 Å². The highest BCUT2D eigenvalue weighted by Gasteiger charge is 2.36. The van der Waals surface area contributed by atoms with Crippen LogP contribution in [0.2, 0.25) is 0 Å². The lowest BCUT2D eigenvalue weighted by Crippen LogP contribution is -2.50. The predicted molar refractivity (Wildman–Crippen MR) is 71.3 cm³/mol. The Labute approximate surface area is 113 Å². The molecule has 1 aromatic heterocycles. The largest absolute Gasteiger partial charge is 0.332 e. The third-order valence-electron chi connectivity index (χ3n) is 4.16. The molecule has 0 spiro atoms. The molecule has 0 atom stereocenters. The van der Waals surface area contributed by atoms with E-state index in [0.29, 0.717) is 11.6 Å². The van der Waals surface area contributed by atoms with Crippen molar-refractivity contribution in [3.63, 3.8) is 0 Å². The van der Waals surface area contributed by atoms with E-state index in [1.165, 1.54) is 4.68 Å². The summed E-state index contributed by atoms with van der Waals surface area (Å²) in [5.74, 6) is 0.478. The van der Waals surface area contributed by atoms with Gasteiger partial charge in [0.2, 0.25) is 0 Å². The van der Waals surface area contributed by atoms with Crippen molar-refractivity contribution >= 4 is 5.91 Å². The minimum absolute atomic E-state index is 0.212. The summed E-state index contributed by atoms with van der Waals surface area (Å²) in [6.45, 7) is 2.18. The van der Waals surface area contributed by atoms with Gasteiger partial charge in [0.25, 0.3) is 5.91 Å². The van der Waals surface area contributed by atoms with Crippen molar-refractivity contribution in [3.05, 3.63) is 18.0 Å². The Morgan fingerprint density at radius 2 is 2.32 bits per heavy atom. The molecule has 0 radical (unpaired) electrons. The average molecular weight is 260 g/mol. The SMILES string of the molecule is CCC1CCC(C#N)(NC(=O)c2ccnn2C)CC1. The molecular formula is C14H20N4O. The Balaban J connectivity index is 2.06. The number of nitrogens with zero attached hydrogens (tertiary/aromatic N) is 3. The Morgan fingerprint density at radius 1 is 1.63 bits per heavy atom. The Morgan fingerprint density at radius 3 is 2.79 bits per heavy atom. The van der Waals surface area contributed by atoms with Gasteiger partial charge in [0.05, 0.1) is 6.07 Å². The van der Waals surface area contributed by atoms with Crippen molar-refractivity contribution < 1.29 is 4.79 Å². The molecule has 1 aromatic rings. The third-order valence-corrected chi connectivity index (χ3v) is 4.16. The summed E-state index contributed by atoms with van der Waals surface area (Å²) in [6, 6.07) is 3.98. The highest BCUT2D eigenvalue weighted by atomic mass is 16.2. The fourth-order valence-electron chi connectivity index (χ4n) is 2.72. The van der Waals surface area contributed by atoms with E-state index in [1.807, 2.05) is 0 Å².